The molecule has 0 N–H and O–H groups in total. The zero-order valence-electron chi connectivity index (χ0n) is 34.9. The van der Waals surface area contributed by atoms with Crippen molar-refractivity contribution in [3.8, 4) is 27.9 Å². The number of fused-ring (bicyclic) bond motifs is 8. The SMILES string of the molecule is CC1(C)c2ccccc2-c2ccc(N(c3ccc4cc(C5CCCCC5)ccc4c3)c3c(-c4ccc5c6ccccc6n(-c6ccccc6)c5c4)ccc4ccccc34)cc21. The van der Waals surface area contributed by atoms with Gasteiger partial charge in [0.2, 0.25) is 0 Å². The molecule has 0 radical (unpaired) electrons. The molecular formula is C59H48N2. The Labute approximate surface area is 358 Å². The van der Waals surface area contributed by atoms with Gasteiger partial charge in [0.05, 0.1) is 16.7 Å². The average molecular weight is 785 g/mol. The largest absolute Gasteiger partial charge is 0.309 e. The number of benzene rings is 9. The Morgan fingerprint density at radius 1 is 0.459 bits per heavy atom. The zero-order valence-corrected chi connectivity index (χ0v) is 34.9. The van der Waals surface area contributed by atoms with Crippen molar-refractivity contribution in [2.45, 2.75) is 57.3 Å². The van der Waals surface area contributed by atoms with Gasteiger partial charge in [0.15, 0.2) is 0 Å². The number of aromatic nitrogens is 1. The molecule has 9 aromatic carbocycles. The van der Waals surface area contributed by atoms with Crippen LogP contribution < -0.4 is 4.90 Å². The molecule has 0 saturated heterocycles. The third kappa shape index (κ3) is 5.76. The van der Waals surface area contributed by atoms with Crippen molar-refractivity contribution in [3.05, 3.63) is 205 Å². The van der Waals surface area contributed by atoms with Crippen LogP contribution in [0.25, 0.3) is 71.3 Å². The van der Waals surface area contributed by atoms with Gasteiger partial charge in [0, 0.05) is 44.2 Å². The summed E-state index contributed by atoms with van der Waals surface area (Å²) in [5.41, 5.74) is 16.2. The molecule has 0 unspecified atom stereocenters. The molecule has 2 aliphatic carbocycles. The molecule has 0 atom stereocenters. The molecule has 0 aliphatic heterocycles. The monoisotopic (exact) mass is 784 g/mol. The van der Waals surface area contributed by atoms with Crippen LogP contribution in [-0.4, -0.2) is 4.57 Å². The first-order chi connectivity index (χ1) is 30.0. The molecule has 61 heavy (non-hydrogen) atoms. The van der Waals surface area contributed by atoms with Crippen LogP contribution in [0, 0.1) is 0 Å². The highest BCUT2D eigenvalue weighted by atomic mass is 15.1. The van der Waals surface area contributed by atoms with Gasteiger partial charge in [-0.3, -0.25) is 0 Å². The van der Waals surface area contributed by atoms with E-state index in [1.54, 1.807) is 0 Å². The number of anilines is 3. The summed E-state index contributed by atoms with van der Waals surface area (Å²) >= 11 is 0. The van der Waals surface area contributed by atoms with Crippen molar-refractivity contribution in [2.24, 2.45) is 0 Å². The van der Waals surface area contributed by atoms with Crippen molar-refractivity contribution in [1.29, 1.82) is 0 Å². The third-order valence-corrected chi connectivity index (χ3v) is 14.1. The summed E-state index contributed by atoms with van der Waals surface area (Å²) < 4.78 is 2.43. The van der Waals surface area contributed by atoms with Gasteiger partial charge >= 0.3 is 0 Å². The van der Waals surface area contributed by atoms with Gasteiger partial charge in [-0.1, -0.05) is 173 Å². The van der Waals surface area contributed by atoms with Gasteiger partial charge in [0.1, 0.15) is 0 Å². The maximum absolute atomic E-state index is 2.56. The molecule has 2 aliphatic rings. The van der Waals surface area contributed by atoms with E-state index in [0.29, 0.717) is 5.92 Å². The Hall–Kier alpha value is -6.90. The molecule has 0 amide bonds. The number of rotatable bonds is 6. The predicted molar refractivity (Wildman–Crippen MR) is 259 cm³/mol. The van der Waals surface area contributed by atoms with Crippen molar-refractivity contribution in [1.82, 2.24) is 4.57 Å². The molecule has 0 spiro atoms. The van der Waals surface area contributed by atoms with E-state index in [1.165, 1.54) is 120 Å². The van der Waals surface area contributed by atoms with Gasteiger partial charge in [-0.2, -0.15) is 0 Å². The van der Waals surface area contributed by atoms with E-state index in [2.05, 4.69) is 211 Å². The van der Waals surface area contributed by atoms with Crippen molar-refractivity contribution < 1.29 is 0 Å². The lowest BCUT2D eigenvalue weighted by atomic mass is 9.82. The smallest absolute Gasteiger partial charge is 0.0618 e. The van der Waals surface area contributed by atoms with Gasteiger partial charge < -0.3 is 9.47 Å². The molecule has 1 aromatic heterocycles. The first kappa shape index (κ1) is 36.0. The maximum atomic E-state index is 2.56. The van der Waals surface area contributed by atoms with E-state index in [-0.39, 0.29) is 5.41 Å². The highest BCUT2D eigenvalue weighted by molar-refractivity contribution is 6.12. The lowest BCUT2D eigenvalue weighted by Crippen LogP contribution is -2.17. The second-order valence-electron chi connectivity index (χ2n) is 18.0. The minimum atomic E-state index is -0.135. The Balaban J connectivity index is 1.11. The molecule has 294 valence electrons. The Kier molecular flexibility index (Phi) is 8.32. The lowest BCUT2D eigenvalue weighted by molar-refractivity contribution is 0.444. The number of para-hydroxylation sites is 2. The fourth-order valence-corrected chi connectivity index (χ4v) is 11.0. The van der Waals surface area contributed by atoms with Crippen LogP contribution in [0.2, 0.25) is 0 Å². The van der Waals surface area contributed by atoms with Crippen LogP contribution in [0.1, 0.15) is 68.6 Å². The van der Waals surface area contributed by atoms with Crippen LogP contribution in [0.3, 0.4) is 0 Å². The fourth-order valence-electron chi connectivity index (χ4n) is 11.0. The second-order valence-corrected chi connectivity index (χ2v) is 18.0. The molecule has 12 rings (SSSR count). The van der Waals surface area contributed by atoms with Crippen LogP contribution in [-0.2, 0) is 5.41 Å². The molecule has 1 fully saturated rings. The Morgan fingerprint density at radius 2 is 1.11 bits per heavy atom. The summed E-state index contributed by atoms with van der Waals surface area (Å²) in [4.78, 5) is 2.56. The van der Waals surface area contributed by atoms with Crippen LogP contribution >= 0.6 is 0 Å². The highest BCUT2D eigenvalue weighted by Crippen LogP contribution is 2.52. The van der Waals surface area contributed by atoms with E-state index < -0.39 is 0 Å². The predicted octanol–water partition coefficient (Wildman–Crippen LogP) is 16.6. The van der Waals surface area contributed by atoms with Crippen molar-refractivity contribution in [3.63, 3.8) is 0 Å². The topological polar surface area (TPSA) is 8.17 Å². The average Bonchev–Trinajstić information content (AvgIpc) is 3.77. The summed E-state index contributed by atoms with van der Waals surface area (Å²) in [5.74, 6) is 0.671. The van der Waals surface area contributed by atoms with Crippen molar-refractivity contribution in [2.75, 3.05) is 4.90 Å². The number of nitrogens with zero attached hydrogens (tertiary/aromatic N) is 2. The fraction of sp³-hybridized carbons (Fsp3) is 0.153. The van der Waals surface area contributed by atoms with E-state index in [9.17, 15) is 0 Å². The molecule has 1 saturated carbocycles. The highest BCUT2D eigenvalue weighted by Gasteiger charge is 2.36. The lowest BCUT2D eigenvalue weighted by Gasteiger charge is -2.31. The van der Waals surface area contributed by atoms with Gasteiger partial charge in [-0.15, -0.1) is 0 Å². The molecule has 10 aromatic rings. The van der Waals surface area contributed by atoms with Crippen LogP contribution in [0.15, 0.2) is 188 Å². The number of hydrogen-bond donors (Lipinski definition) is 0. The second kappa shape index (κ2) is 14.1. The standard InChI is InChI=1S/C59H48N2/c1-59(2)54-23-13-11-21-50(54)51-34-31-47(38-55(51)59)60(46-30-27-42-35-41(25-26-43(42)36-46)39-15-5-3-6-16-39)58-48-20-10-9-17-40(48)28-32-49(58)44-29-33-53-52-22-12-14-24-56(52)61(57(53)37-44)45-18-7-4-8-19-45/h4,7-14,17-39H,3,5-6,15-16H2,1-2H3. The summed E-state index contributed by atoms with van der Waals surface area (Å²) in [6.07, 6.45) is 6.66. The quantitative estimate of drug-likeness (QED) is 0.163. The first-order valence-corrected chi connectivity index (χ1v) is 22.2. The maximum Gasteiger partial charge on any atom is 0.0618 e. The minimum absolute atomic E-state index is 0.135. The first-order valence-electron chi connectivity index (χ1n) is 22.2. The summed E-state index contributed by atoms with van der Waals surface area (Å²) in [6, 6.07) is 70.9. The molecule has 2 heteroatoms. The number of hydrogen-bond acceptors (Lipinski definition) is 1. The van der Waals surface area contributed by atoms with Crippen LogP contribution in [0.5, 0.6) is 0 Å². The van der Waals surface area contributed by atoms with Crippen LogP contribution in [0.4, 0.5) is 17.1 Å². The zero-order chi connectivity index (χ0) is 40.7. The normalized spacial score (nSPS) is 14.8. The van der Waals surface area contributed by atoms with Gasteiger partial charge in [-0.05, 0) is 117 Å². The van der Waals surface area contributed by atoms with E-state index in [1.807, 2.05) is 0 Å². The van der Waals surface area contributed by atoms with Gasteiger partial charge in [-0.25, -0.2) is 0 Å². The molecule has 0 bridgehead atoms. The van der Waals surface area contributed by atoms with E-state index in [0.717, 1.165) is 17.1 Å². The third-order valence-electron chi connectivity index (χ3n) is 14.1. The molecule has 2 nitrogen and oxygen atoms in total. The summed E-state index contributed by atoms with van der Waals surface area (Å²) in [5, 5.41) is 7.54. The van der Waals surface area contributed by atoms with Gasteiger partial charge in [0.25, 0.3) is 0 Å². The summed E-state index contributed by atoms with van der Waals surface area (Å²) in [7, 11) is 0. The van der Waals surface area contributed by atoms with E-state index >= 15 is 0 Å². The minimum Gasteiger partial charge on any atom is -0.309 e. The Morgan fingerprint density at radius 3 is 2.00 bits per heavy atom. The summed E-state index contributed by atoms with van der Waals surface area (Å²) in [6.45, 7) is 4.77. The molecular weight excluding hydrogens is 737 g/mol. The van der Waals surface area contributed by atoms with Crippen molar-refractivity contribution >= 4 is 60.4 Å². The van der Waals surface area contributed by atoms with E-state index in [4.69, 9.17) is 0 Å². The Bertz CT molecular complexity index is 3320. The molecule has 1 heterocycles.